The van der Waals surface area contributed by atoms with E-state index in [-0.39, 0.29) is 62.8 Å². The SMILES string of the molecule is C[C@H](CCC(=O)O)[C@@]1(I)CC[C@H]2[C@@H]3[C@H](O)C[C@@H]4C[C@@H](NC(=O)CNP)CC[C@]4(C)[C@H]3C[C@H](O)[C@@]21C. The number of carboxylic acid groups (broad SMARTS) is 1. The summed E-state index contributed by atoms with van der Waals surface area (Å²) in [6.07, 6.45) is 6.14. The summed E-state index contributed by atoms with van der Waals surface area (Å²) in [6.45, 7) is 7.04. The molecule has 4 fully saturated rings. The number of hydrogen-bond acceptors (Lipinski definition) is 5. The van der Waals surface area contributed by atoms with Crippen LogP contribution in [-0.2, 0) is 9.59 Å². The van der Waals surface area contributed by atoms with Gasteiger partial charge in [-0.2, -0.15) is 0 Å². The van der Waals surface area contributed by atoms with E-state index in [0.29, 0.717) is 18.8 Å². The number of carbonyl (C=O) groups excluding carboxylic acids is 1. The number of aliphatic carboxylic acids is 1. The van der Waals surface area contributed by atoms with E-state index < -0.39 is 18.2 Å². The Morgan fingerprint density at radius 2 is 1.83 bits per heavy atom. The number of amides is 1. The molecule has 0 saturated heterocycles. The highest BCUT2D eigenvalue weighted by Gasteiger charge is 2.69. The molecule has 7 nitrogen and oxygen atoms in total. The molecule has 0 heterocycles. The van der Waals surface area contributed by atoms with Crippen molar-refractivity contribution in [1.82, 2.24) is 10.4 Å². The third-order valence-electron chi connectivity index (χ3n) is 11.1. The molecule has 0 aromatic carbocycles. The molecule has 0 aromatic heterocycles. The summed E-state index contributed by atoms with van der Waals surface area (Å²) in [5.74, 6) is 0.423. The van der Waals surface area contributed by atoms with Crippen LogP contribution in [0.1, 0.15) is 78.6 Å². The second-order valence-corrected chi connectivity index (χ2v) is 14.8. The molecule has 0 bridgehead atoms. The lowest BCUT2D eigenvalue weighted by atomic mass is 9.43. The van der Waals surface area contributed by atoms with E-state index >= 15 is 0 Å². The molecular formula is C26H44IN2O5P. The van der Waals surface area contributed by atoms with E-state index in [1.807, 2.05) is 0 Å². The number of alkyl halides is 1. The maximum Gasteiger partial charge on any atom is 0.303 e. The molecular weight excluding hydrogens is 578 g/mol. The average molecular weight is 623 g/mol. The first-order chi connectivity index (χ1) is 16.4. The molecule has 5 N–H and O–H groups in total. The first-order valence-corrected chi connectivity index (χ1v) is 15.0. The molecule has 1 amide bonds. The standard InChI is InChI=1S/C26H44IN2O5P/c1-14(4-5-22(33)34)26(27)9-7-17-23-18(12-20(31)25(17,26)3)24(2)8-6-16(29-21(32)13-28-35)10-15(24)11-19(23)30/h14-20,23,28,30-31H,4-13,35H2,1-3H3,(H,29,32)(H,33,34)/t14-,15+,16+,17+,18+,19-,20+,23+,24+,25-,26+/m1/s1. The third kappa shape index (κ3) is 4.59. The molecule has 9 heteroatoms. The van der Waals surface area contributed by atoms with Crippen molar-refractivity contribution in [2.75, 3.05) is 6.54 Å². The highest BCUT2D eigenvalue weighted by Crippen LogP contribution is 2.71. The van der Waals surface area contributed by atoms with Crippen LogP contribution in [0.3, 0.4) is 0 Å². The topological polar surface area (TPSA) is 119 Å². The first-order valence-electron chi connectivity index (χ1n) is 13.4. The van der Waals surface area contributed by atoms with Crippen LogP contribution in [0.25, 0.3) is 0 Å². The average Bonchev–Trinajstić information content (AvgIpc) is 3.07. The summed E-state index contributed by atoms with van der Waals surface area (Å²) in [4.78, 5) is 23.4. The van der Waals surface area contributed by atoms with Crippen molar-refractivity contribution in [2.24, 2.45) is 40.4 Å². The highest BCUT2D eigenvalue weighted by molar-refractivity contribution is 14.1. The fourth-order valence-corrected chi connectivity index (χ4v) is 10.7. The summed E-state index contributed by atoms with van der Waals surface area (Å²) in [5, 5.41) is 38.6. The normalized spacial score (nSPS) is 47.8. The van der Waals surface area contributed by atoms with Crippen molar-refractivity contribution in [2.45, 2.75) is 100 Å². The van der Waals surface area contributed by atoms with Gasteiger partial charge in [-0.25, -0.2) is 0 Å². The minimum Gasteiger partial charge on any atom is -0.481 e. The first kappa shape index (κ1) is 28.0. The van der Waals surface area contributed by atoms with Gasteiger partial charge < -0.3 is 20.6 Å². The number of carboxylic acids is 1. The minimum atomic E-state index is -0.765. The Kier molecular flexibility index (Phi) is 8.22. The molecule has 4 aliphatic carbocycles. The number of rotatable bonds is 7. The van der Waals surface area contributed by atoms with Crippen LogP contribution < -0.4 is 10.4 Å². The van der Waals surface area contributed by atoms with Crippen LogP contribution in [0.5, 0.6) is 0 Å². The number of hydrogen-bond donors (Lipinski definition) is 5. The molecule has 35 heavy (non-hydrogen) atoms. The maximum atomic E-state index is 12.1. The van der Waals surface area contributed by atoms with Crippen LogP contribution in [0.2, 0.25) is 0 Å². The Hall–Kier alpha value is -0.0200. The van der Waals surface area contributed by atoms with Crippen molar-refractivity contribution in [3.8, 4) is 0 Å². The summed E-state index contributed by atoms with van der Waals surface area (Å²) < 4.78 is -0.180. The van der Waals surface area contributed by atoms with Gasteiger partial charge in [0.15, 0.2) is 0 Å². The number of carbonyl (C=O) groups is 2. The van der Waals surface area contributed by atoms with Gasteiger partial charge in [-0.15, -0.1) is 0 Å². The van der Waals surface area contributed by atoms with Gasteiger partial charge in [0.05, 0.1) is 18.8 Å². The number of halogens is 1. The van der Waals surface area contributed by atoms with Gasteiger partial charge in [0, 0.05) is 21.3 Å². The number of nitrogens with one attached hydrogen (secondary N) is 2. The van der Waals surface area contributed by atoms with Crippen molar-refractivity contribution in [1.29, 1.82) is 0 Å². The smallest absolute Gasteiger partial charge is 0.303 e. The molecule has 0 radical (unpaired) electrons. The summed E-state index contributed by atoms with van der Waals surface area (Å²) >= 11 is 2.55. The zero-order valence-electron chi connectivity index (χ0n) is 21.3. The van der Waals surface area contributed by atoms with Crippen molar-refractivity contribution >= 4 is 43.9 Å². The van der Waals surface area contributed by atoms with E-state index in [0.717, 1.165) is 38.5 Å². The minimum absolute atomic E-state index is 0.00746. The van der Waals surface area contributed by atoms with Gasteiger partial charge in [0.2, 0.25) is 5.91 Å². The molecule has 4 aliphatic rings. The second kappa shape index (κ2) is 10.3. The van der Waals surface area contributed by atoms with E-state index in [1.165, 1.54) is 0 Å². The summed E-state index contributed by atoms with van der Waals surface area (Å²) in [5.41, 5.74) is -0.287. The molecule has 0 spiro atoms. The lowest BCUT2D eigenvalue weighted by Crippen LogP contribution is -2.65. The molecule has 4 rings (SSSR count). The Morgan fingerprint density at radius 3 is 2.49 bits per heavy atom. The fourth-order valence-electron chi connectivity index (χ4n) is 9.10. The van der Waals surface area contributed by atoms with Gasteiger partial charge in [-0.05, 0) is 86.4 Å². The number of aliphatic hydroxyl groups excluding tert-OH is 2. The Labute approximate surface area is 225 Å². The predicted molar refractivity (Wildman–Crippen MR) is 147 cm³/mol. The molecule has 1 unspecified atom stereocenters. The monoisotopic (exact) mass is 622 g/mol. The van der Waals surface area contributed by atoms with E-state index in [1.54, 1.807) is 0 Å². The second-order valence-electron chi connectivity index (χ2n) is 12.5. The third-order valence-corrected chi connectivity index (χ3v) is 14.1. The van der Waals surface area contributed by atoms with Gasteiger partial charge in [0.1, 0.15) is 0 Å². The lowest BCUT2D eigenvalue weighted by molar-refractivity contribution is -0.197. The maximum absolute atomic E-state index is 12.1. The quantitative estimate of drug-likeness (QED) is 0.169. The molecule has 12 atom stereocenters. The van der Waals surface area contributed by atoms with Gasteiger partial charge in [-0.1, -0.05) is 52.8 Å². The Bertz CT molecular complexity index is 834. The van der Waals surface area contributed by atoms with Crippen molar-refractivity contribution in [3.05, 3.63) is 0 Å². The van der Waals surface area contributed by atoms with E-state index in [9.17, 15) is 24.9 Å². The predicted octanol–water partition coefficient (Wildman–Crippen LogP) is 3.51. The van der Waals surface area contributed by atoms with E-state index in [2.05, 4.69) is 63.2 Å². The summed E-state index contributed by atoms with van der Waals surface area (Å²) in [6, 6.07) is 0.144. The van der Waals surface area contributed by atoms with Crippen LogP contribution in [0.15, 0.2) is 0 Å². The number of fused-ring (bicyclic) bond motifs is 5. The van der Waals surface area contributed by atoms with Crippen molar-refractivity contribution < 1.29 is 24.9 Å². The lowest BCUT2D eigenvalue weighted by Gasteiger charge is -2.64. The largest absolute Gasteiger partial charge is 0.481 e. The number of aliphatic hydroxyl groups is 2. The molecule has 4 saturated carbocycles. The van der Waals surface area contributed by atoms with Gasteiger partial charge >= 0.3 is 5.97 Å². The highest BCUT2D eigenvalue weighted by atomic mass is 127. The Balaban J connectivity index is 1.56. The zero-order valence-corrected chi connectivity index (χ0v) is 24.6. The summed E-state index contributed by atoms with van der Waals surface area (Å²) in [7, 11) is 2.36. The van der Waals surface area contributed by atoms with Gasteiger partial charge in [-0.3, -0.25) is 14.7 Å². The van der Waals surface area contributed by atoms with Crippen LogP contribution >= 0.6 is 32.0 Å². The van der Waals surface area contributed by atoms with Gasteiger partial charge in [0.25, 0.3) is 0 Å². The molecule has 200 valence electrons. The molecule has 0 aliphatic heterocycles. The van der Waals surface area contributed by atoms with Crippen LogP contribution in [0.4, 0.5) is 0 Å². The van der Waals surface area contributed by atoms with Crippen LogP contribution in [0, 0.1) is 40.4 Å². The zero-order chi connectivity index (χ0) is 25.8. The van der Waals surface area contributed by atoms with E-state index in [4.69, 9.17) is 0 Å². The van der Waals surface area contributed by atoms with Crippen LogP contribution in [-0.4, -0.2) is 55.4 Å². The molecule has 0 aromatic rings. The Morgan fingerprint density at radius 1 is 1.11 bits per heavy atom. The fraction of sp³-hybridized carbons (Fsp3) is 0.923. The van der Waals surface area contributed by atoms with Crippen molar-refractivity contribution in [3.63, 3.8) is 0 Å².